The maximum Gasteiger partial charge on any atom is 0.220 e. The van der Waals surface area contributed by atoms with Gasteiger partial charge in [0.2, 0.25) is 5.91 Å². The lowest BCUT2D eigenvalue weighted by Crippen LogP contribution is -2.33. The lowest BCUT2D eigenvalue weighted by Gasteiger charge is -2.27. The number of carbonyl (C=O) groups excluding carboxylic acids is 1. The summed E-state index contributed by atoms with van der Waals surface area (Å²) in [6.45, 7) is 4.60. The molecule has 1 heterocycles. The smallest absolute Gasteiger partial charge is 0.220 e. The fraction of sp³-hybridized carbons (Fsp3) is 0.611. The molecule has 134 valence electrons. The summed E-state index contributed by atoms with van der Waals surface area (Å²) in [6.07, 6.45) is 4.01. The third-order valence-electron chi connectivity index (χ3n) is 4.71. The number of nitrogens with one attached hydrogen (secondary N) is 2. The molecule has 0 saturated carbocycles. The van der Waals surface area contributed by atoms with Gasteiger partial charge in [-0.2, -0.15) is 0 Å². The van der Waals surface area contributed by atoms with Gasteiger partial charge in [0.15, 0.2) is 9.84 Å². The molecule has 1 fully saturated rings. The fourth-order valence-corrected chi connectivity index (χ4v) is 4.14. The molecule has 0 radical (unpaired) electrons. The Morgan fingerprint density at radius 1 is 1.25 bits per heavy atom. The molecule has 24 heavy (non-hydrogen) atoms. The Balaban J connectivity index is 1.87. The van der Waals surface area contributed by atoms with Gasteiger partial charge in [0, 0.05) is 19.2 Å². The molecule has 1 aromatic carbocycles. The van der Waals surface area contributed by atoms with Crippen LogP contribution in [0.2, 0.25) is 0 Å². The standard InChI is InChI=1S/C18H28N2O3S/c1-14(15-7-9-19-10-8-15)11-18(21)20-12-16-5-3-4-6-17(16)13-24(2,22)23/h3-6,14-15,19H,7-13H2,1-2H3,(H,20,21). The molecule has 1 aliphatic rings. The van der Waals surface area contributed by atoms with Crippen LogP contribution in [0.1, 0.15) is 37.3 Å². The monoisotopic (exact) mass is 352 g/mol. The Morgan fingerprint density at radius 3 is 2.50 bits per heavy atom. The van der Waals surface area contributed by atoms with Gasteiger partial charge in [-0.05, 0) is 48.9 Å². The first-order valence-corrected chi connectivity index (χ1v) is 10.6. The molecule has 2 N–H and O–H groups in total. The van der Waals surface area contributed by atoms with E-state index in [-0.39, 0.29) is 11.7 Å². The van der Waals surface area contributed by atoms with Gasteiger partial charge >= 0.3 is 0 Å². The summed E-state index contributed by atoms with van der Waals surface area (Å²) in [5.41, 5.74) is 1.62. The molecule has 0 aliphatic carbocycles. The Bertz CT molecular complexity index is 652. The van der Waals surface area contributed by atoms with Gasteiger partial charge < -0.3 is 10.6 Å². The molecule has 0 spiro atoms. The van der Waals surface area contributed by atoms with Crippen LogP contribution in [-0.2, 0) is 26.9 Å². The van der Waals surface area contributed by atoms with Crippen LogP contribution in [0.25, 0.3) is 0 Å². The molecular weight excluding hydrogens is 324 g/mol. The van der Waals surface area contributed by atoms with E-state index in [0.29, 0.717) is 24.8 Å². The average molecular weight is 353 g/mol. The van der Waals surface area contributed by atoms with E-state index in [1.165, 1.54) is 6.26 Å². The normalized spacial score (nSPS) is 17.4. The summed E-state index contributed by atoms with van der Waals surface area (Å²) < 4.78 is 23.0. The van der Waals surface area contributed by atoms with E-state index >= 15 is 0 Å². The Morgan fingerprint density at radius 2 is 1.88 bits per heavy atom. The highest BCUT2D eigenvalue weighted by Crippen LogP contribution is 2.24. The second-order valence-corrected chi connectivity index (χ2v) is 9.02. The van der Waals surface area contributed by atoms with Crippen LogP contribution in [0.4, 0.5) is 0 Å². The van der Waals surface area contributed by atoms with Crippen molar-refractivity contribution in [3.05, 3.63) is 35.4 Å². The van der Waals surface area contributed by atoms with Crippen LogP contribution >= 0.6 is 0 Å². The number of piperidine rings is 1. The minimum Gasteiger partial charge on any atom is -0.352 e. The highest BCUT2D eigenvalue weighted by atomic mass is 32.2. The van der Waals surface area contributed by atoms with Crippen LogP contribution in [0.5, 0.6) is 0 Å². The van der Waals surface area contributed by atoms with Gasteiger partial charge in [0.1, 0.15) is 0 Å². The summed E-state index contributed by atoms with van der Waals surface area (Å²) in [5.74, 6) is 1.02. The molecule has 1 atom stereocenters. The number of hydrogen-bond acceptors (Lipinski definition) is 4. The van der Waals surface area contributed by atoms with Gasteiger partial charge in [-0.3, -0.25) is 4.79 Å². The van der Waals surface area contributed by atoms with Gasteiger partial charge in [-0.25, -0.2) is 8.42 Å². The van der Waals surface area contributed by atoms with E-state index in [4.69, 9.17) is 0 Å². The molecule has 1 unspecified atom stereocenters. The lowest BCUT2D eigenvalue weighted by molar-refractivity contribution is -0.122. The summed E-state index contributed by atoms with van der Waals surface area (Å²) in [5, 5.41) is 6.29. The SMILES string of the molecule is CC(CC(=O)NCc1ccccc1CS(C)(=O)=O)C1CCNCC1. The molecule has 1 saturated heterocycles. The number of sulfone groups is 1. The third-order valence-corrected chi connectivity index (χ3v) is 5.54. The number of hydrogen-bond donors (Lipinski definition) is 2. The summed E-state index contributed by atoms with van der Waals surface area (Å²) in [4.78, 5) is 12.2. The van der Waals surface area contributed by atoms with Gasteiger partial charge in [-0.15, -0.1) is 0 Å². The van der Waals surface area contributed by atoms with Gasteiger partial charge in [-0.1, -0.05) is 31.2 Å². The summed E-state index contributed by atoms with van der Waals surface area (Å²) >= 11 is 0. The number of carbonyl (C=O) groups is 1. The second-order valence-electron chi connectivity index (χ2n) is 6.88. The van der Waals surface area contributed by atoms with Crippen LogP contribution in [0, 0.1) is 11.8 Å². The van der Waals surface area contributed by atoms with Crippen LogP contribution < -0.4 is 10.6 Å². The highest BCUT2D eigenvalue weighted by molar-refractivity contribution is 7.89. The van der Waals surface area contributed by atoms with Crippen molar-refractivity contribution in [1.82, 2.24) is 10.6 Å². The fourth-order valence-electron chi connectivity index (χ4n) is 3.29. The Hall–Kier alpha value is -1.40. The van der Waals surface area contributed by atoms with Crippen molar-refractivity contribution in [3.8, 4) is 0 Å². The van der Waals surface area contributed by atoms with Crippen LogP contribution in [0.15, 0.2) is 24.3 Å². The van der Waals surface area contributed by atoms with Crippen molar-refractivity contribution in [3.63, 3.8) is 0 Å². The van der Waals surface area contributed by atoms with E-state index in [9.17, 15) is 13.2 Å². The highest BCUT2D eigenvalue weighted by Gasteiger charge is 2.22. The molecule has 0 bridgehead atoms. The van der Waals surface area contributed by atoms with Crippen LogP contribution in [0.3, 0.4) is 0 Å². The summed E-state index contributed by atoms with van der Waals surface area (Å²) in [6, 6.07) is 7.37. The largest absolute Gasteiger partial charge is 0.352 e. The van der Waals surface area contributed by atoms with Gasteiger partial charge in [0.05, 0.1) is 5.75 Å². The topological polar surface area (TPSA) is 75.3 Å². The molecular formula is C18H28N2O3S. The zero-order valence-corrected chi connectivity index (χ0v) is 15.4. The minimum absolute atomic E-state index is 0.00448. The van der Waals surface area contributed by atoms with Crippen molar-refractivity contribution in [2.24, 2.45) is 11.8 Å². The first kappa shape index (κ1) is 18.9. The number of benzene rings is 1. The van der Waals surface area contributed by atoms with E-state index in [2.05, 4.69) is 17.6 Å². The van der Waals surface area contributed by atoms with Gasteiger partial charge in [0.25, 0.3) is 0 Å². The van der Waals surface area contributed by atoms with Crippen molar-refractivity contribution in [2.45, 2.75) is 38.5 Å². The molecule has 2 rings (SSSR count). The van der Waals surface area contributed by atoms with Crippen LogP contribution in [-0.4, -0.2) is 33.7 Å². The van der Waals surface area contributed by atoms with Crippen molar-refractivity contribution in [1.29, 1.82) is 0 Å². The average Bonchev–Trinajstić information content (AvgIpc) is 2.53. The van der Waals surface area contributed by atoms with E-state index in [1.54, 1.807) is 6.07 Å². The molecule has 6 heteroatoms. The molecule has 1 aliphatic heterocycles. The van der Waals surface area contributed by atoms with E-state index < -0.39 is 9.84 Å². The predicted molar refractivity (Wildman–Crippen MR) is 96.2 cm³/mol. The molecule has 1 amide bonds. The minimum atomic E-state index is -3.09. The molecule has 1 aromatic rings. The number of rotatable bonds is 7. The quantitative estimate of drug-likeness (QED) is 0.786. The first-order chi connectivity index (χ1) is 11.3. The lowest BCUT2D eigenvalue weighted by atomic mass is 9.84. The Kier molecular flexibility index (Phi) is 6.80. The zero-order valence-electron chi connectivity index (χ0n) is 14.5. The zero-order chi connectivity index (χ0) is 17.6. The first-order valence-electron chi connectivity index (χ1n) is 8.57. The van der Waals surface area contributed by atoms with Crippen molar-refractivity contribution in [2.75, 3.05) is 19.3 Å². The molecule has 0 aromatic heterocycles. The number of amides is 1. The molecule has 5 nitrogen and oxygen atoms in total. The van der Waals surface area contributed by atoms with E-state index in [1.807, 2.05) is 18.2 Å². The maximum absolute atomic E-state index is 12.2. The maximum atomic E-state index is 12.2. The third kappa shape index (κ3) is 6.24. The summed E-state index contributed by atoms with van der Waals surface area (Å²) in [7, 11) is -3.09. The Labute approximate surface area is 145 Å². The van der Waals surface area contributed by atoms with E-state index in [0.717, 1.165) is 37.1 Å². The second kappa shape index (κ2) is 8.62. The van der Waals surface area contributed by atoms with Crippen molar-refractivity contribution < 1.29 is 13.2 Å². The predicted octanol–water partition coefficient (Wildman–Crippen LogP) is 1.87. The van der Waals surface area contributed by atoms with Crippen molar-refractivity contribution >= 4 is 15.7 Å².